The highest BCUT2D eigenvalue weighted by Crippen LogP contribution is 2.37. The number of nitrogens with zero attached hydrogens (tertiary/aromatic N) is 1. The third-order valence-corrected chi connectivity index (χ3v) is 7.15. The normalized spacial score (nSPS) is 15.0. The minimum absolute atomic E-state index is 0.312. The fourth-order valence-electron chi connectivity index (χ4n) is 3.81. The Balaban J connectivity index is 1.97. The topological polar surface area (TPSA) is 60.8 Å². The highest BCUT2D eigenvalue weighted by atomic mass is 32.2. The number of nitrogens with one attached hydrogen (secondary N) is 1. The van der Waals surface area contributed by atoms with E-state index in [1.807, 2.05) is 37.3 Å². The van der Waals surface area contributed by atoms with Crippen molar-refractivity contribution in [2.24, 2.45) is 0 Å². The molecule has 0 aliphatic carbocycles. The van der Waals surface area contributed by atoms with Crippen LogP contribution in [-0.2, 0) is 9.84 Å². The molecule has 1 aromatic heterocycles. The van der Waals surface area contributed by atoms with E-state index in [2.05, 4.69) is 9.88 Å². The summed E-state index contributed by atoms with van der Waals surface area (Å²) < 4.78 is 32.5. The number of pyridine rings is 1. The monoisotopic (exact) mass is 397 g/mol. The lowest BCUT2D eigenvalue weighted by Gasteiger charge is -2.30. The highest BCUT2D eigenvalue weighted by molar-refractivity contribution is 7.91. The van der Waals surface area contributed by atoms with Gasteiger partial charge in [-0.2, -0.15) is 0 Å². The summed E-state index contributed by atoms with van der Waals surface area (Å²) in [4.78, 5) is 6.02. The van der Waals surface area contributed by atoms with Gasteiger partial charge in [0.15, 0.2) is 11.1 Å². The smallest absolute Gasteiger partial charge is 0.214 e. The Bertz CT molecular complexity index is 1100. The molecular formula is C22H25N2O3S+. The standard InChI is InChI=1S/C22H24N2O3S/c1-16-6-9-18(10-7-16)28(25,26)21-15-23-20-11-8-17(27-2)14-19(20)22(21)24-12-4-3-5-13-24/h6-11,14-15H,3-5,12-13H2,1-2H3/p+1. The van der Waals surface area contributed by atoms with E-state index in [9.17, 15) is 8.42 Å². The SMILES string of the molecule is COc1ccc2[nH+]cc(S(=O)(=O)c3ccc(C)cc3)c(N3CCCCC3)c2c1. The molecule has 5 nitrogen and oxygen atoms in total. The van der Waals surface area contributed by atoms with Crippen molar-refractivity contribution in [2.75, 3.05) is 25.1 Å². The fourth-order valence-corrected chi connectivity index (χ4v) is 5.27. The van der Waals surface area contributed by atoms with Crippen LogP contribution in [0.3, 0.4) is 0 Å². The van der Waals surface area contributed by atoms with Crippen LogP contribution in [0.2, 0.25) is 0 Å². The molecule has 4 rings (SSSR count). The first kappa shape index (κ1) is 18.7. The number of methoxy groups -OCH3 is 1. The number of ether oxygens (including phenoxy) is 1. The van der Waals surface area contributed by atoms with Crippen LogP contribution in [0.25, 0.3) is 10.9 Å². The van der Waals surface area contributed by atoms with Crippen molar-refractivity contribution in [2.45, 2.75) is 36.0 Å². The van der Waals surface area contributed by atoms with Crippen LogP contribution < -0.4 is 14.6 Å². The van der Waals surface area contributed by atoms with Gasteiger partial charge >= 0.3 is 0 Å². The number of rotatable bonds is 4. The molecule has 0 bridgehead atoms. The van der Waals surface area contributed by atoms with Gasteiger partial charge in [0.2, 0.25) is 15.4 Å². The van der Waals surface area contributed by atoms with Crippen molar-refractivity contribution in [3.8, 4) is 5.75 Å². The zero-order valence-electron chi connectivity index (χ0n) is 16.2. The van der Waals surface area contributed by atoms with Crippen LogP contribution in [-0.4, -0.2) is 28.6 Å². The number of aromatic nitrogens is 1. The van der Waals surface area contributed by atoms with Crippen molar-refractivity contribution in [1.29, 1.82) is 0 Å². The third kappa shape index (κ3) is 3.33. The van der Waals surface area contributed by atoms with Gasteiger partial charge in [0.05, 0.1) is 23.1 Å². The van der Waals surface area contributed by atoms with E-state index >= 15 is 0 Å². The highest BCUT2D eigenvalue weighted by Gasteiger charge is 2.30. The number of sulfone groups is 1. The van der Waals surface area contributed by atoms with Crippen molar-refractivity contribution in [3.63, 3.8) is 0 Å². The van der Waals surface area contributed by atoms with Crippen molar-refractivity contribution in [1.82, 2.24) is 0 Å². The lowest BCUT2D eigenvalue weighted by atomic mass is 10.1. The summed E-state index contributed by atoms with van der Waals surface area (Å²) >= 11 is 0. The molecule has 1 aliphatic heterocycles. The van der Waals surface area contributed by atoms with Crippen molar-refractivity contribution in [3.05, 3.63) is 54.2 Å². The number of anilines is 1. The van der Waals surface area contributed by atoms with Crippen LogP contribution >= 0.6 is 0 Å². The third-order valence-electron chi connectivity index (χ3n) is 5.37. The number of benzene rings is 2. The molecule has 1 fully saturated rings. The molecule has 1 saturated heterocycles. The quantitative estimate of drug-likeness (QED) is 0.672. The molecule has 0 unspecified atom stereocenters. The second-order valence-corrected chi connectivity index (χ2v) is 9.20. The van der Waals surface area contributed by atoms with Gasteiger partial charge in [0, 0.05) is 19.2 Å². The Labute approximate surface area is 165 Å². The van der Waals surface area contributed by atoms with Gasteiger partial charge < -0.3 is 9.64 Å². The maximum atomic E-state index is 13.5. The van der Waals surface area contributed by atoms with Crippen LogP contribution in [0.4, 0.5) is 5.69 Å². The molecule has 2 heterocycles. The van der Waals surface area contributed by atoms with E-state index in [0.29, 0.717) is 15.5 Å². The Hall–Kier alpha value is -2.60. The van der Waals surface area contributed by atoms with Crippen LogP contribution in [0.15, 0.2) is 58.5 Å². The Morgan fingerprint density at radius 1 is 1.00 bits per heavy atom. The van der Waals surface area contributed by atoms with Gasteiger partial charge in [-0.25, -0.2) is 13.4 Å². The summed E-state index contributed by atoms with van der Waals surface area (Å²) in [5.41, 5.74) is 2.70. The fraction of sp³-hybridized carbons (Fsp3) is 0.318. The first-order chi connectivity index (χ1) is 13.5. The number of H-pyrrole nitrogens is 1. The van der Waals surface area contributed by atoms with Crippen LogP contribution in [0.1, 0.15) is 24.8 Å². The van der Waals surface area contributed by atoms with Crippen LogP contribution in [0, 0.1) is 6.92 Å². The molecule has 3 aromatic rings. The second-order valence-electron chi connectivity index (χ2n) is 7.28. The number of aryl methyl sites for hydroxylation is 1. The Morgan fingerprint density at radius 2 is 1.71 bits per heavy atom. The van der Waals surface area contributed by atoms with Crippen molar-refractivity contribution < 1.29 is 18.1 Å². The average Bonchev–Trinajstić information content (AvgIpc) is 2.73. The summed E-state index contributed by atoms with van der Waals surface area (Å²) in [7, 11) is -2.04. The van der Waals surface area contributed by atoms with E-state index in [1.165, 1.54) is 6.42 Å². The molecule has 0 radical (unpaired) electrons. The summed E-state index contributed by atoms with van der Waals surface area (Å²) in [5, 5.41) is 0.870. The number of hydrogen-bond acceptors (Lipinski definition) is 4. The molecule has 0 saturated carbocycles. The predicted molar refractivity (Wildman–Crippen MR) is 110 cm³/mol. The number of piperidine rings is 1. The van der Waals surface area contributed by atoms with Gasteiger partial charge in [-0.15, -0.1) is 0 Å². The van der Waals surface area contributed by atoms with Gasteiger partial charge in [-0.3, -0.25) is 0 Å². The first-order valence-electron chi connectivity index (χ1n) is 9.60. The minimum Gasteiger partial charge on any atom is -0.497 e. The zero-order valence-corrected chi connectivity index (χ0v) is 17.1. The van der Waals surface area contributed by atoms with Gasteiger partial charge in [-0.05, 0) is 50.5 Å². The van der Waals surface area contributed by atoms with E-state index in [-0.39, 0.29) is 0 Å². The molecule has 1 aliphatic rings. The molecule has 1 N–H and O–H groups in total. The maximum Gasteiger partial charge on any atom is 0.214 e. The minimum atomic E-state index is -3.66. The van der Waals surface area contributed by atoms with Gasteiger partial charge in [0.25, 0.3) is 0 Å². The van der Waals surface area contributed by atoms with Crippen molar-refractivity contribution >= 4 is 26.4 Å². The lowest BCUT2D eigenvalue weighted by molar-refractivity contribution is -0.347. The summed E-state index contributed by atoms with van der Waals surface area (Å²) in [6, 6.07) is 12.8. The summed E-state index contributed by atoms with van der Waals surface area (Å²) in [6.45, 7) is 3.66. The number of fused-ring (bicyclic) bond motifs is 1. The Morgan fingerprint density at radius 3 is 2.39 bits per heavy atom. The molecular weight excluding hydrogens is 372 g/mol. The van der Waals surface area contributed by atoms with E-state index in [0.717, 1.165) is 48.1 Å². The molecule has 28 heavy (non-hydrogen) atoms. The zero-order chi connectivity index (χ0) is 19.7. The number of aromatic amines is 1. The summed E-state index contributed by atoms with van der Waals surface area (Å²) in [5.74, 6) is 0.712. The lowest BCUT2D eigenvalue weighted by Crippen LogP contribution is -2.31. The van der Waals surface area contributed by atoms with Gasteiger partial charge in [0.1, 0.15) is 5.75 Å². The van der Waals surface area contributed by atoms with E-state index in [4.69, 9.17) is 4.74 Å². The largest absolute Gasteiger partial charge is 0.497 e. The average molecular weight is 398 g/mol. The number of hydrogen-bond donors (Lipinski definition) is 0. The van der Waals surface area contributed by atoms with Crippen LogP contribution in [0.5, 0.6) is 5.75 Å². The molecule has 2 aromatic carbocycles. The molecule has 0 amide bonds. The molecule has 0 atom stereocenters. The predicted octanol–water partition coefficient (Wildman–Crippen LogP) is 3.79. The molecule has 146 valence electrons. The second kappa shape index (κ2) is 7.43. The van der Waals surface area contributed by atoms with E-state index < -0.39 is 9.84 Å². The maximum absolute atomic E-state index is 13.5. The molecule has 0 spiro atoms. The molecule has 6 heteroatoms. The van der Waals surface area contributed by atoms with Gasteiger partial charge in [-0.1, -0.05) is 17.7 Å². The Kier molecular flexibility index (Phi) is 4.98. The first-order valence-corrected chi connectivity index (χ1v) is 11.1. The van der Waals surface area contributed by atoms with E-state index in [1.54, 1.807) is 25.4 Å². The summed E-state index contributed by atoms with van der Waals surface area (Å²) in [6.07, 6.45) is 4.94.